The van der Waals surface area contributed by atoms with E-state index in [1.54, 1.807) is 23.5 Å². The molecule has 0 spiro atoms. The maximum atomic E-state index is 13.5. The molecule has 2 aromatic heterocycles. The third-order valence-electron chi connectivity index (χ3n) is 6.58. The maximum absolute atomic E-state index is 13.5. The normalized spacial score (nSPS) is 15.1. The van der Waals surface area contributed by atoms with E-state index < -0.39 is 6.16 Å². The molecular weight excluding hydrogens is 500 g/mol. The Kier molecular flexibility index (Phi) is 6.87. The number of benzene rings is 2. The SMILES string of the molecule is CC(C)N1CCC(NC(=O)c2nc3c(OC(=O)O)cccc3n2Cc2cc3cc(Cl)ccc3s2)CC1. The maximum Gasteiger partial charge on any atom is 0.511 e. The molecule has 0 unspecified atom stereocenters. The first kappa shape index (κ1) is 24.5. The monoisotopic (exact) mass is 526 g/mol. The van der Waals surface area contributed by atoms with Gasteiger partial charge in [-0.15, -0.1) is 11.3 Å². The van der Waals surface area contributed by atoms with Crippen LogP contribution in [-0.4, -0.2) is 56.8 Å². The molecule has 2 N–H and O–H groups in total. The number of hydrogen-bond donors (Lipinski definition) is 2. The second-order valence-corrected chi connectivity index (χ2v) is 10.9. The Hall–Kier alpha value is -3.14. The van der Waals surface area contributed by atoms with E-state index in [-0.39, 0.29) is 23.5 Å². The summed E-state index contributed by atoms with van der Waals surface area (Å²) in [5, 5.41) is 14.0. The number of likely N-dealkylation sites (tertiary alicyclic amines) is 1. The van der Waals surface area contributed by atoms with Gasteiger partial charge in [0.1, 0.15) is 5.52 Å². The zero-order valence-electron chi connectivity index (χ0n) is 20.0. The van der Waals surface area contributed by atoms with Gasteiger partial charge in [-0.05, 0) is 68.5 Å². The molecule has 0 aliphatic carbocycles. The predicted octanol–water partition coefficient (Wildman–Crippen LogP) is 5.61. The number of hydrogen-bond acceptors (Lipinski definition) is 6. The number of halogens is 1. The second kappa shape index (κ2) is 10.1. The van der Waals surface area contributed by atoms with Crippen molar-refractivity contribution in [2.75, 3.05) is 13.1 Å². The summed E-state index contributed by atoms with van der Waals surface area (Å²) in [7, 11) is 0. The molecule has 3 heterocycles. The highest BCUT2D eigenvalue weighted by molar-refractivity contribution is 7.19. The number of nitrogens with one attached hydrogen (secondary N) is 1. The Balaban J connectivity index is 1.49. The first-order chi connectivity index (χ1) is 17.3. The van der Waals surface area contributed by atoms with Gasteiger partial charge in [-0.3, -0.25) is 4.79 Å². The minimum Gasteiger partial charge on any atom is -0.449 e. The third-order valence-corrected chi connectivity index (χ3v) is 7.92. The summed E-state index contributed by atoms with van der Waals surface area (Å²) in [5.41, 5.74) is 0.966. The summed E-state index contributed by atoms with van der Waals surface area (Å²) >= 11 is 7.78. The predicted molar refractivity (Wildman–Crippen MR) is 142 cm³/mol. The molecule has 1 fully saturated rings. The van der Waals surface area contributed by atoms with Crippen LogP contribution in [0.3, 0.4) is 0 Å². The van der Waals surface area contributed by atoms with E-state index in [1.165, 1.54) is 0 Å². The molecule has 4 aromatic rings. The number of aromatic nitrogens is 2. The Labute approximate surface area is 217 Å². The lowest BCUT2D eigenvalue weighted by atomic mass is 10.0. The van der Waals surface area contributed by atoms with E-state index in [0.717, 1.165) is 40.9 Å². The smallest absolute Gasteiger partial charge is 0.449 e. The highest BCUT2D eigenvalue weighted by Gasteiger charge is 2.26. The quantitative estimate of drug-likeness (QED) is 0.250. The number of piperidine rings is 1. The van der Waals surface area contributed by atoms with Crippen molar-refractivity contribution in [1.82, 2.24) is 19.8 Å². The van der Waals surface area contributed by atoms with Gasteiger partial charge in [-0.2, -0.15) is 0 Å². The first-order valence-electron chi connectivity index (χ1n) is 11.9. The molecule has 0 atom stereocenters. The van der Waals surface area contributed by atoms with Crippen LogP contribution in [0.2, 0.25) is 5.02 Å². The molecule has 36 heavy (non-hydrogen) atoms. The average Bonchev–Trinajstić information content (AvgIpc) is 3.40. The Morgan fingerprint density at radius 2 is 2.00 bits per heavy atom. The Morgan fingerprint density at radius 1 is 1.22 bits per heavy atom. The zero-order chi connectivity index (χ0) is 25.4. The lowest BCUT2D eigenvalue weighted by Gasteiger charge is -2.34. The van der Waals surface area contributed by atoms with Crippen LogP contribution in [0.15, 0.2) is 42.5 Å². The number of carboxylic acid groups (broad SMARTS) is 1. The van der Waals surface area contributed by atoms with Crippen LogP contribution in [0.4, 0.5) is 4.79 Å². The fraction of sp³-hybridized carbons (Fsp3) is 0.346. The van der Waals surface area contributed by atoms with Crippen molar-refractivity contribution in [3.8, 4) is 5.75 Å². The number of imidazole rings is 1. The van der Waals surface area contributed by atoms with Gasteiger partial charge in [-0.1, -0.05) is 17.7 Å². The van der Waals surface area contributed by atoms with Gasteiger partial charge in [0.2, 0.25) is 5.82 Å². The number of ether oxygens (including phenoxy) is 1. The van der Waals surface area contributed by atoms with Crippen molar-refractivity contribution in [2.24, 2.45) is 0 Å². The van der Waals surface area contributed by atoms with E-state index in [0.29, 0.717) is 28.6 Å². The van der Waals surface area contributed by atoms with Crippen LogP contribution in [0.25, 0.3) is 21.1 Å². The minimum atomic E-state index is -1.43. The van der Waals surface area contributed by atoms with Gasteiger partial charge in [0.05, 0.1) is 12.1 Å². The molecule has 1 saturated heterocycles. The summed E-state index contributed by atoms with van der Waals surface area (Å²) in [6.07, 6.45) is 0.310. The lowest BCUT2D eigenvalue weighted by molar-refractivity contribution is 0.0887. The fourth-order valence-corrected chi connectivity index (χ4v) is 5.96. The standard InChI is InChI=1S/C26H27ClN4O4S/c1-15(2)30-10-8-18(9-11-30)28-25(32)24-29-23-20(4-3-5-21(23)35-26(33)34)31(24)14-19-13-16-12-17(27)6-7-22(16)36-19/h3-7,12-13,15,18H,8-11,14H2,1-2H3,(H,28,32)(H,33,34). The third kappa shape index (κ3) is 5.04. The van der Waals surface area contributed by atoms with Crippen molar-refractivity contribution in [2.45, 2.75) is 45.3 Å². The van der Waals surface area contributed by atoms with Crippen LogP contribution >= 0.6 is 22.9 Å². The Bertz CT molecular complexity index is 1440. The molecule has 1 amide bonds. The van der Waals surface area contributed by atoms with E-state index in [1.807, 2.05) is 28.8 Å². The van der Waals surface area contributed by atoms with Crippen LogP contribution in [0, 0.1) is 0 Å². The van der Waals surface area contributed by atoms with Gasteiger partial charge >= 0.3 is 6.16 Å². The largest absolute Gasteiger partial charge is 0.511 e. The van der Waals surface area contributed by atoms with Crippen LogP contribution in [0.5, 0.6) is 5.75 Å². The minimum absolute atomic E-state index is 0.0574. The highest BCUT2D eigenvalue weighted by Crippen LogP contribution is 2.32. The topological polar surface area (TPSA) is 96.7 Å². The molecule has 2 aromatic carbocycles. The highest BCUT2D eigenvalue weighted by atomic mass is 35.5. The van der Waals surface area contributed by atoms with Crippen LogP contribution in [-0.2, 0) is 6.54 Å². The van der Waals surface area contributed by atoms with E-state index in [4.69, 9.17) is 16.3 Å². The van der Waals surface area contributed by atoms with Crippen molar-refractivity contribution in [1.29, 1.82) is 0 Å². The van der Waals surface area contributed by atoms with Crippen LogP contribution in [0.1, 0.15) is 42.2 Å². The number of fused-ring (bicyclic) bond motifs is 2. The Morgan fingerprint density at radius 3 is 2.72 bits per heavy atom. The molecule has 8 nitrogen and oxygen atoms in total. The number of amides is 1. The van der Waals surface area contributed by atoms with Gasteiger partial charge in [0.15, 0.2) is 5.75 Å². The molecule has 0 radical (unpaired) electrons. The molecule has 0 bridgehead atoms. The molecule has 10 heteroatoms. The number of para-hydroxylation sites is 1. The summed E-state index contributed by atoms with van der Waals surface area (Å²) in [4.78, 5) is 32.7. The van der Waals surface area contributed by atoms with Gasteiger partial charge < -0.3 is 24.6 Å². The molecule has 188 valence electrons. The summed E-state index contributed by atoms with van der Waals surface area (Å²) in [6, 6.07) is 13.4. The number of carbonyl (C=O) groups excluding carboxylic acids is 1. The molecule has 5 rings (SSSR count). The van der Waals surface area contributed by atoms with Crippen molar-refractivity contribution < 1.29 is 19.4 Å². The van der Waals surface area contributed by atoms with Gasteiger partial charge in [-0.25, -0.2) is 9.78 Å². The number of carbonyl (C=O) groups is 2. The van der Waals surface area contributed by atoms with Crippen LogP contribution < -0.4 is 10.1 Å². The molecule has 1 aliphatic rings. The molecule has 1 aliphatic heterocycles. The summed E-state index contributed by atoms with van der Waals surface area (Å²) in [5.74, 6) is 0.0500. The van der Waals surface area contributed by atoms with E-state index in [9.17, 15) is 14.7 Å². The zero-order valence-corrected chi connectivity index (χ0v) is 21.6. The average molecular weight is 527 g/mol. The summed E-state index contributed by atoms with van der Waals surface area (Å²) in [6.45, 7) is 6.62. The summed E-state index contributed by atoms with van der Waals surface area (Å²) < 4.78 is 7.89. The van der Waals surface area contributed by atoms with Crippen molar-refractivity contribution >= 4 is 56.1 Å². The number of rotatable bonds is 6. The van der Waals surface area contributed by atoms with E-state index in [2.05, 4.69) is 35.1 Å². The van der Waals surface area contributed by atoms with E-state index >= 15 is 0 Å². The molecular formula is C26H27ClN4O4S. The van der Waals surface area contributed by atoms with Gasteiger partial charge in [0, 0.05) is 39.8 Å². The first-order valence-corrected chi connectivity index (χ1v) is 13.1. The van der Waals surface area contributed by atoms with Crippen molar-refractivity contribution in [3.63, 3.8) is 0 Å². The second-order valence-electron chi connectivity index (χ2n) is 9.29. The lowest BCUT2D eigenvalue weighted by Crippen LogP contribution is -2.47. The molecule has 0 saturated carbocycles. The van der Waals surface area contributed by atoms with Gasteiger partial charge in [0.25, 0.3) is 5.91 Å². The van der Waals surface area contributed by atoms with Crippen molar-refractivity contribution in [3.05, 3.63) is 58.2 Å². The number of nitrogens with zero attached hydrogens (tertiary/aromatic N) is 3. The number of thiophene rings is 1. The fourth-order valence-electron chi connectivity index (χ4n) is 4.74.